The van der Waals surface area contributed by atoms with Gasteiger partial charge < -0.3 is 20.5 Å². The number of para-hydroxylation sites is 1. The standard InChI is InChI=1S/C13H18N2O3/c1-9(16)8-14-13(17)15-11-6-7-18-12-5-3-2-4-10(11)12/h2-5,9,11,16H,6-8H2,1H3,(H2,14,15,17). The smallest absolute Gasteiger partial charge is 0.315 e. The Labute approximate surface area is 106 Å². The van der Waals surface area contributed by atoms with Gasteiger partial charge in [-0.1, -0.05) is 18.2 Å². The Morgan fingerprint density at radius 1 is 1.56 bits per heavy atom. The fourth-order valence-corrected chi connectivity index (χ4v) is 1.94. The van der Waals surface area contributed by atoms with Crippen molar-refractivity contribution in [3.63, 3.8) is 0 Å². The van der Waals surface area contributed by atoms with Crippen LogP contribution in [0.25, 0.3) is 0 Å². The van der Waals surface area contributed by atoms with E-state index in [2.05, 4.69) is 10.6 Å². The minimum atomic E-state index is -0.544. The van der Waals surface area contributed by atoms with Gasteiger partial charge >= 0.3 is 6.03 Å². The van der Waals surface area contributed by atoms with E-state index in [1.165, 1.54) is 0 Å². The molecule has 5 heteroatoms. The Morgan fingerprint density at radius 2 is 2.33 bits per heavy atom. The molecule has 0 saturated heterocycles. The van der Waals surface area contributed by atoms with Crippen LogP contribution in [0.15, 0.2) is 24.3 Å². The molecule has 0 spiro atoms. The van der Waals surface area contributed by atoms with Crippen LogP contribution < -0.4 is 15.4 Å². The Bertz CT molecular complexity index is 420. The van der Waals surface area contributed by atoms with Crippen molar-refractivity contribution in [3.05, 3.63) is 29.8 Å². The Hall–Kier alpha value is -1.75. The Morgan fingerprint density at radius 3 is 3.11 bits per heavy atom. The number of amides is 2. The zero-order chi connectivity index (χ0) is 13.0. The minimum absolute atomic E-state index is 0.0380. The topological polar surface area (TPSA) is 70.6 Å². The summed E-state index contributed by atoms with van der Waals surface area (Å²) in [6, 6.07) is 7.39. The maximum absolute atomic E-state index is 11.7. The van der Waals surface area contributed by atoms with Crippen molar-refractivity contribution in [1.29, 1.82) is 0 Å². The van der Waals surface area contributed by atoms with E-state index in [0.29, 0.717) is 6.61 Å². The second-order valence-electron chi connectivity index (χ2n) is 4.43. The van der Waals surface area contributed by atoms with Gasteiger partial charge in [-0.05, 0) is 13.0 Å². The molecular formula is C13H18N2O3. The molecule has 0 radical (unpaired) electrons. The zero-order valence-electron chi connectivity index (χ0n) is 10.3. The van der Waals surface area contributed by atoms with Crippen molar-refractivity contribution in [2.45, 2.75) is 25.5 Å². The molecule has 98 valence electrons. The van der Waals surface area contributed by atoms with Gasteiger partial charge in [0.05, 0.1) is 18.8 Å². The van der Waals surface area contributed by atoms with E-state index in [-0.39, 0.29) is 18.6 Å². The first-order valence-corrected chi connectivity index (χ1v) is 6.11. The number of hydrogen-bond donors (Lipinski definition) is 3. The zero-order valence-corrected chi connectivity index (χ0v) is 10.3. The molecule has 0 aromatic heterocycles. The lowest BCUT2D eigenvalue weighted by Crippen LogP contribution is -2.42. The monoisotopic (exact) mass is 250 g/mol. The summed E-state index contributed by atoms with van der Waals surface area (Å²) in [6.07, 6.45) is 0.205. The first-order valence-electron chi connectivity index (χ1n) is 6.11. The normalized spacial score (nSPS) is 19.3. The molecule has 1 aliphatic rings. The highest BCUT2D eigenvalue weighted by atomic mass is 16.5. The number of carbonyl (C=O) groups is 1. The molecule has 3 N–H and O–H groups in total. The quantitative estimate of drug-likeness (QED) is 0.754. The van der Waals surface area contributed by atoms with Gasteiger partial charge in [-0.15, -0.1) is 0 Å². The molecule has 0 saturated carbocycles. The van der Waals surface area contributed by atoms with Gasteiger partial charge in [0.15, 0.2) is 0 Å². The van der Waals surface area contributed by atoms with Gasteiger partial charge in [0, 0.05) is 18.5 Å². The molecule has 2 unspecified atom stereocenters. The van der Waals surface area contributed by atoms with Crippen LogP contribution in [-0.2, 0) is 0 Å². The highest BCUT2D eigenvalue weighted by Gasteiger charge is 2.22. The van der Waals surface area contributed by atoms with Gasteiger partial charge in [-0.2, -0.15) is 0 Å². The Kier molecular flexibility index (Phi) is 4.04. The van der Waals surface area contributed by atoms with Crippen LogP contribution >= 0.6 is 0 Å². The second-order valence-corrected chi connectivity index (χ2v) is 4.43. The highest BCUT2D eigenvalue weighted by molar-refractivity contribution is 5.74. The number of carbonyl (C=O) groups excluding carboxylic acids is 1. The number of nitrogens with one attached hydrogen (secondary N) is 2. The number of fused-ring (bicyclic) bond motifs is 1. The maximum Gasteiger partial charge on any atom is 0.315 e. The molecule has 18 heavy (non-hydrogen) atoms. The highest BCUT2D eigenvalue weighted by Crippen LogP contribution is 2.31. The van der Waals surface area contributed by atoms with Crippen molar-refractivity contribution >= 4 is 6.03 Å². The second kappa shape index (κ2) is 5.73. The number of urea groups is 1. The van der Waals surface area contributed by atoms with Crippen LogP contribution in [0.5, 0.6) is 5.75 Å². The molecule has 0 aliphatic carbocycles. The summed E-state index contributed by atoms with van der Waals surface area (Å²) >= 11 is 0. The molecule has 1 heterocycles. The maximum atomic E-state index is 11.7. The first kappa shape index (κ1) is 12.7. The predicted octanol–water partition coefficient (Wildman–Crippen LogP) is 1.19. The van der Waals surface area contributed by atoms with E-state index >= 15 is 0 Å². The minimum Gasteiger partial charge on any atom is -0.493 e. The number of aliphatic hydroxyl groups excluding tert-OH is 1. The summed E-state index contributed by atoms with van der Waals surface area (Å²) in [5.74, 6) is 0.824. The lowest BCUT2D eigenvalue weighted by atomic mass is 10.0. The van der Waals surface area contributed by atoms with Crippen molar-refractivity contribution in [2.24, 2.45) is 0 Å². The lowest BCUT2D eigenvalue weighted by molar-refractivity contribution is 0.185. The summed E-state index contributed by atoms with van der Waals surface area (Å²) < 4.78 is 5.52. The SMILES string of the molecule is CC(O)CNC(=O)NC1CCOc2ccccc21. The van der Waals surface area contributed by atoms with E-state index in [0.717, 1.165) is 17.7 Å². The van der Waals surface area contributed by atoms with Gasteiger partial charge in [-0.3, -0.25) is 0 Å². The largest absolute Gasteiger partial charge is 0.493 e. The van der Waals surface area contributed by atoms with Gasteiger partial charge in [-0.25, -0.2) is 4.79 Å². The van der Waals surface area contributed by atoms with Crippen LogP contribution in [0.1, 0.15) is 24.9 Å². The van der Waals surface area contributed by atoms with Crippen LogP contribution in [0.2, 0.25) is 0 Å². The third-order valence-corrected chi connectivity index (χ3v) is 2.82. The summed E-state index contributed by atoms with van der Waals surface area (Å²) in [5.41, 5.74) is 0.996. The van der Waals surface area contributed by atoms with Crippen LogP contribution in [-0.4, -0.2) is 30.4 Å². The molecule has 0 bridgehead atoms. The average molecular weight is 250 g/mol. The number of benzene rings is 1. The first-order chi connectivity index (χ1) is 8.66. The van der Waals surface area contributed by atoms with E-state index in [4.69, 9.17) is 9.84 Å². The number of rotatable bonds is 3. The fourth-order valence-electron chi connectivity index (χ4n) is 1.94. The van der Waals surface area contributed by atoms with E-state index in [1.807, 2.05) is 24.3 Å². The van der Waals surface area contributed by atoms with Crippen LogP contribution in [0.4, 0.5) is 4.79 Å². The molecular weight excluding hydrogens is 232 g/mol. The summed E-state index contributed by atoms with van der Waals surface area (Å²) in [5, 5.41) is 14.6. The van der Waals surface area contributed by atoms with E-state index in [9.17, 15) is 4.79 Å². The number of hydrogen-bond acceptors (Lipinski definition) is 3. The molecule has 1 aromatic rings. The third-order valence-electron chi connectivity index (χ3n) is 2.82. The van der Waals surface area contributed by atoms with Gasteiger partial charge in [0.2, 0.25) is 0 Å². The summed E-state index contributed by atoms with van der Waals surface area (Å²) in [4.78, 5) is 11.7. The van der Waals surface area contributed by atoms with Crippen molar-refractivity contribution < 1.29 is 14.6 Å². The van der Waals surface area contributed by atoms with Crippen molar-refractivity contribution in [3.8, 4) is 5.75 Å². The van der Waals surface area contributed by atoms with Crippen molar-refractivity contribution in [2.75, 3.05) is 13.2 Å². The summed E-state index contributed by atoms with van der Waals surface area (Å²) in [7, 11) is 0. The molecule has 5 nitrogen and oxygen atoms in total. The molecule has 2 atom stereocenters. The summed E-state index contributed by atoms with van der Waals surface area (Å²) in [6.45, 7) is 2.47. The number of aliphatic hydroxyl groups is 1. The Balaban J connectivity index is 1.96. The molecule has 1 aromatic carbocycles. The van der Waals surface area contributed by atoms with E-state index < -0.39 is 6.10 Å². The third kappa shape index (κ3) is 3.13. The lowest BCUT2D eigenvalue weighted by Gasteiger charge is -2.26. The number of ether oxygens (including phenoxy) is 1. The van der Waals surface area contributed by atoms with Crippen LogP contribution in [0.3, 0.4) is 0 Å². The van der Waals surface area contributed by atoms with Crippen LogP contribution in [0, 0.1) is 0 Å². The van der Waals surface area contributed by atoms with Gasteiger partial charge in [0.25, 0.3) is 0 Å². The average Bonchev–Trinajstić information content (AvgIpc) is 2.37. The molecule has 0 fully saturated rings. The van der Waals surface area contributed by atoms with Gasteiger partial charge in [0.1, 0.15) is 5.75 Å². The molecule has 2 rings (SSSR count). The van der Waals surface area contributed by atoms with Crippen molar-refractivity contribution in [1.82, 2.24) is 10.6 Å². The van der Waals surface area contributed by atoms with E-state index in [1.54, 1.807) is 6.92 Å². The molecule has 1 aliphatic heterocycles. The predicted molar refractivity (Wildman–Crippen MR) is 67.5 cm³/mol. The molecule has 2 amide bonds. The fraction of sp³-hybridized carbons (Fsp3) is 0.462.